The van der Waals surface area contributed by atoms with E-state index in [2.05, 4.69) is 19.6 Å². The molecule has 0 fully saturated rings. The average molecular weight is 164 g/mol. The second-order valence-corrected chi connectivity index (χ2v) is 4.50. The van der Waals surface area contributed by atoms with E-state index in [1.807, 2.05) is 0 Å². The van der Waals surface area contributed by atoms with Crippen molar-refractivity contribution in [3.05, 3.63) is 0 Å². The zero-order valence-electron chi connectivity index (χ0n) is 4.00. The summed E-state index contributed by atoms with van der Waals surface area (Å²) in [6.45, 7) is 6.81. The monoisotopic (exact) mass is 163 g/mol. The van der Waals surface area contributed by atoms with Crippen LogP contribution in [0.3, 0.4) is 0 Å². The third kappa shape index (κ3) is 40.5. The molecule has 0 aliphatic heterocycles. The van der Waals surface area contributed by atoms with Crippen molar-refractivity contribution in [2.24, 2.45) is 0 Å². The Bertz CT molecular complexity index is 11.6. The minimum absolute atomic E-state index is 0. The van der Waals surface area contributed by atoms with Crippen molar-refractivity contribution in [1.82, 2.24) is 0 Å². The molecule has 0 saturated heterocycles. The SMILES string of the molecule is C[Si](C)C.[Zr]. The Kier molecular flexibility index (Phi) is 9.63. The minimum atomic E-state index is 0. The molecule has 29 valence electrons. The van der Waals surface area contributed by atoms with Crippen LogP contribution in [0.25, 0.3) is 0 Å². The summed E-state index contributed by atoms with van der Waals surface area (Å²) in [6.07, 6.45) is 0. The first-order chi connectivity index (χ1) is 1.73. The van der Waals surface area contributed by atoms with Crippen molar-refractivity contribution in [2.45, 2.75) is 19.6 Å². The van der Waals surface area contributed by atoms with Gasteiger partial charge >= 0.3 is 0 Å². The van der Waals surface area contributed by atoms with Gasteiger partial charge in [-0.3, -0.25) is 0 Å². The quantitative estimate of drug-likeness (QED) is 0.474. The van der Waals surface area contributed by atoms with E-state index in [4.69, 9.17) is 0 Å². The summed E-state index contributed by atoms with van der Waals surface area (Å²) in [7, 11) is 0.120. The topological polar surface area (TPSA) is 0 Å². The Hall–Kier alpha value is 1.10. The van der Waals surface area contributed by atoms with Gasteiger partial charge in [0.25, 0.3) is 0 Å². The van der Waals surface area contributed by atoms with Gasteiger partial charge in [-0.05, 0) is 0 Å². The molecule has 0 nitrogen and oxygen atoms in total. The first-order valence-electron chi connectivity index (χ1n) is 1.50. The van der Waals surface area contributed by atoms with Gasteiger partial charge in [0.15, 0.2) is 0 Å². The number of hydrogen-bond donors (Lipinski definition) is 0. The predicted octanol–water partition coefficient (Wildman–Crippen LogP) is 1.37. The fraction of sp³-hybridized carbons (Fsp3) is 1.00. The van der Waals surface area contributed by atoms with Crippen molar-refractivity contribution in [2.75, 3.05) is 0 Å². The number of hydrogen-bond acceptors (Lipinski definition) is 0. The van der Waals surface area contributed by atoms with Crippen LogP contribution in [0.2, 0.25) is 19.6 Å². The molecule has 0 rings (SSSR count). The summed E-state index contributed by atoms with van der Waals surface area (Å²) in [5.41, 5.74) is 0. The zero-order valence-corrected chi connectivity index (χ0v) is 7.46. The van der Waals surface area contributed by atoms with Crippen molar-refractivity contribution in [1.29, 1.82) is 0 Å². The van der Waals surface area contributed by atoms with Crippen LogP contribution in [0.1, 0.15) is 0 Å². The van der Waals surface area contributed by atoms with Gasteiger partial charge in [-0.25, -0.2) is 0 Å². The molecule has 0 spiro atoms. The molecule has 0 aromatic rings. The Morgan fingerprint density at radius 2 is 1.00 bits per heavy atom. The molecule has 0 bridgehead atoms. The Morgan fingerprint density at radius 1 is 1.00 bits per heavy atom. The van der Waals surface area contributed by atoms with Gasteiger partial charge in [0.05, 0.1) is 0 Å². The largest absolute Gasteiger partial charge is 0.0715 e. The molecule has 0 aliphatic rings. The van der Waals surface area contributed by atoms with E-state index in [1.54, 1.807) is 0 Å². The third-order valence-corrected chi connectivity index (χ3v) is 0. The first-order valence-corrected chi connectivity index (χ1v) is 4.50. The maximum Gasteiger partial charge on any atom is 0.0379 e. The van der Waals surface area contributed by atoms with E-state index in [1.165, 1.54) is 0 Å². The van der Waals surface area contributed by atoms with Gasteiger partial charge in [-0.2, -0.15) is 0 Å². The second-order valence-electron chi connectivity index (χ2n) is 1.50. The fourth-order valence-corrected chi connectivity index (χ4v) is 0. The maximum atomic E-state index is 2.27. The Labute approximate surface area is 54.7 Å². The van der Waals surface area contributed by atoms with Crippen LogP contribution in [-0.2, 0) is 26.2 Å². The summed E-state index contributed by atoms with van der Waals surface area (Å²) in [5, 5.41) is 0. The summed E-state index contributed by atoms with van der Waals surface area (Å²) >= 11 is 0. The van der Waals surface area contributed by atoms with Crippen molar-refractivity contribution in [3.63, 3.8) is 0 Å². The van der Waals surface area contributed by atoms with Crippen LogP contribution in [0.5, 0.6) is 0 Å². The van der Waals surface area contributed by atoms with Gasteiger partial charge in [0.1, 0.15) is 0 Å². The van der Waals surface area contributed by atoms with E-state index in [0.717, 1.165) is 0 Å². The number of rotatable bonds is 0. The van der Waals surface area contributed by atoms with Gasteiger partial charge in [0.2, 0.25) is 0 Å². The molecular formula is C3H9SiZr. The molecule has 0 aromatic carbocycles. The van der Waals surface area contributed by atoms with E-state index in [9.17, 15) is 0 Å². The molecule has 0 saturated carbocycles. The molecule has 0 unspecified atom stereocenters. The standard InChI is InChI=1S/C3H9Si.Zr/c1-4(2)3;/h1-3H3;. The van der Waals surface area contributed by atoms with Crippen molar-refractivity contribution < 1.29 is 26.2 Å². The van der Waals surface area contributed by atoms with Crippen LogP contribution in [0.15, 0.2) is 0 Å². The van der Waals surface area contributed by atoms with Crippen LogP contribution in [0.4, 0.5) is 0 Å². The molecule has 0 aliphatic carbocycles. The summed E-state index contributed by atoms with van der Waals surface area (Å²) in [5.74, 6) is 0. The molecule has 2 heteroatoms. The van der Waals surface area contributed by atoms with Crippen molar-refractivity contribution in [3.8, 4) is 0 Å². The van der Waals surface area contributed by atoms with Gasteiger partial charge in [-0.1, -0.05) is 19.6 Å². The summed E-state index contributed by atoms with van der Waals surface area (Å²) in [4.78, 5) is 0. The van der Waals surface area contributed by atoms with Crippen LogP contribution >= 0.6 is 0 Å². The molecule has 0 N–H and O–H groups in total. The fourth-order valence-electron chi connectivity index (χ4n) is 0. The van der Waals surface area contributed by atoms with E-state index >= 15 is 0 Å². The van der Waals surface area contributed by atoms with E-state index in [-0.39, 0.29) is 35.0 Å². The van der Waals surface area contributed by atoms with Crippen LogP contribution < -0.4 is 0 Å². The smallest absolute Gasteiger partial charge is 0.0379 e. The first kappa shape index (κ1) is 9.44. The van der Waals surface area contributed by atoms with Crippen LogP contribution in [0, 0.1) is 0 Å². The molecule has 0 aromatic heterocycles. The van der Waals surface area contributed by atoms with Gasteiger partial charge < -0.3 is 0 Å². The molecule has 1 radical (unpaired) electrons. The second kappa shape index (κ2) is 5.10. The normalized spacial score (nSPS) is 7.20. The average Bonchev–Trinajstić information content (AvgIpc) is 0.811. The van der Waals surface area contributed by atoms with Crippen molar-refractivity contribution >= 4 is 8.80 Å². The summed E-state index contributed by atoms with van der Waals surface area (Å²) in [6, 6.07) is 0. The molecule has 0 heterocycles. The zero-order chi connectivity index (χ0) is 3.58. The molecule has 0 atom stereocenters. The molecule has 5 heavy (non-hydrogen) atoms. The minimum Gasteiger partial charge on any atom is -0.0715 e. The van der Waals surface area contributed by atoms with Gasteiger partial charge in [0, 0.05) is 35.0 Å². The third-order valence-electron chi connectivity index (χ3n) is 0. The van der Waals surface area contributed by atoms with E-state index in [0.29, 0.717) is 0 Å². The maximum absolute atomic E-state index is 2.27. The van der Waals surface area contributed by atoms with E-state index < -0.39 is 0 Å². The predicted molar refractivity (Wildman–Crippen MR) is 23.3 cm³/mol. The Balaban J connectivity index is 0. The molecular weight excluding hydrogens is 155 g/mol. The van der Waals surface area contributed by atoms with Crippen LogP contribution in [-0.4, -0.2) is 8.80 Å². The van der Waals surface area contributed by atoms with Gasteiger partial charge in [-0.15, -0.1) is 0 Å². The molecule has 0 amide bonds. The summed E-state index contributed by atoms with van der Waals surface area (Å²) < 4.78 is 0. The Morgan fingerprint density at radius 3 is 1.00 bits per heavy atom.